The van der Waals surface area contributed by atoms with Gasteiger partial charge in [-0.15, -0.1) is 0 Å². The first-order valence-corrected chi connectivity index (χ1v) is 3.87. The zero-order valence-electron chi connectivity index (χ0n) is 8.27. The highest BCUT2D eigenvalue weighted by atomic mass is 19.4. The molecular weight excluding hydrogens is 290 g/mol. The van der Waals surface area contributed by atoms with E-state index in [4.69, 9.17) is 0 Å². The zero-order valence-corrected chi connectivity index (χ0v) is 8.27. The number of ether oxygens (including phenoxy) is 1. The van der Waals surface area contributed by atoms with Crippen LogP contribution in [0.3, 0.4) is 0 Å². The first kappa shape index (κ1) is 16.8. The van der Waals surface area contributed by atoms with Gasteiger partial charge in [0.2, 0.25) is 5.83 Å². The summed E-state index contributed by atoms with van der Waals surface area (Å²) >= 11 is 0. The van der Waals surface area contributed by atoms with Gasteiger partial charge < -0.3 is 4.74 Å². The highest BCUT2D eigenvalue weighted by molar-refractivity contribution is 4.99. The van der Waals surface area contributed by atoms with E-state index >= 15 is 0 Å². The van der Waals surface area contributed by atoms with Crippen LogP contribution >= 0.6 is 0 Å². The minimum absolute atomic E-state index is 0.562. The topological polar surface area (TPSA) is 9.23 Å². The molecule has 0 saturated carbocycles. The SMILES string of the molecule is CC(O/C=C(\F)C(F)(F)F)(C(F)(F)F)C(F)(F)F. The van der Waals surface area contributed by atoms with E-state index in [1.54, 1.807) is 0 Å². The Labute approximate surface area is 93.0 Å². The predicted molar refractivity (Wildman–Crippen MR) is 36.8 cm³/mol. The van der Waals surface area contributed by atoms with Gasteiger partial charge in [0.25, 0.3) is 5.60 Å². The van der Waals surface area contributed by atoms with Crippen molar-refractivity contribution in [3.8, 4) is 0 Å². The Hall–Kier alpha value is -1.16. The number of alkyl halides is 9. The van der Waals surface area contributed by atoms with Crippen LogP contribution in [0.15, 0.2) is 12.1 Å². The van der Waals surface area contributed by atoms with Gasteiger partial charge in [-0.2, -0.15) is 43.9 Å². The lowest BCUT2D eigenvalue weighted by Gasteiger charge is -2.32. The molecule has 0 rings (SSSR count). The first-order valence-electron chi connectivity index (χ1n) is 3.87. The van der Waals surface area contributed by atoms with Crippen molar-refractivity contribution in [2.24, 2.45) is 0 Å². The van der Waals surface area contributed by atoms with Gasteiger partial charge in [0.1, 0.15) is 6.26 Å². The fourth-order valence-corrected chi connectivity index (χ4v) is 0.531. The van der Waals surface area contributed by atoms with E-state index in [0.717, 1.165) is 0 Å². The second kappa shape index (κ2) is 4.50. The zero-order chi connectivity index (χ0) is 15.0. The Balaban J connectivity index is 5.34. The molecule has 0 aliphatic heterocycles. The number of hydrogen-bond donors (Lipinski definition) is 0. The first-order chi connectivity index (χ1) is 7.63. The molecule has 0 fully saturated rings. The van der Waals surface area contributed by atoms with E-state index in [-0.39, 0.29) is 0 Å². The van der Waals surface area contributed by atoms with Crippen molar-refractivity contribution >= 4 is 0 Å². The van der Waals surface area contributed by atoms with E-state index in [9.17, 15) is 43.9 Å². The summed E-state index contributed by atoms with van der Waals surface area (Å²) in [6.07, 6.45) is -19.2. The predicted octanol–water partition coefficient (Wildman–Crippen LogP) is 4.26. The molecule has 11 heteroatoms. The van der Waals surface area contributed by atoms with E-state index < -0.39 is 43.1 Å². The van der Waals surface area contributed by atoms with E-state index in [1.165, 1.54) is 0 Å². The average molecular weight is 294 g/mol. The maximum Gasteiger partial charge on any atom is 0.446 e. The summed E-state index contributed by atoms with van der Waals surface area (Å²) < 4.78 is 122. The van der Waals surface area contributed by atoms with Crippen molar-refractivity contribution in [2.75, 3.05) is 0 Å². The van der Waals surface area contributed by atoms with Gasteiger partial charge in [-0.25, -0.2) is 0 Å². The van der Waals surface area contributed by atoms with Gasteiger partial charge in [0, 0.05) is 0 Å². The van der Waals surface area contributed by atoms with Crippen LogP contribution < -0.4 is 0 Å². The molecule has 0 aromatic rings. The highest BCUT2D eigenvalue weighted by Gasteiger charge is 2.70. The van der Waals surface area contributed by atoms with E-state index in [2.05, 4.69) is 4.74 Å². The molecule has 0 aliphatic rings. The highest BCUT2D eigenvalue weighted by Crippen LogP contribution is 2.46. The molecule has 18 heavy (non-hydrogen) atoms. The molecule has 0 aliphatic carbocycles. The summed E-state index contributed by atoms with van der Waals surface area (Å²) in [5, 5.41) is 0. The fraction of sp³-hybridized carbons (Fsp3) is 0.714. The van der Waals surface area contributed by atoms with Crippen molar-refractivity contribution in [2.45, 2.75) is 31.1 Å². The molecule has 0 saturated heterocycles. The minimum Gasteiger partial charge on any atom is -0.473 e. The second-order valence-corrected chi connectivity index (χ2v) is 3.11. The number of allylic oxidation sites excluding steroid dienone is 1. The third-order valence-corrected chi connectivity index (χ3v) is 1.75. The van der Waals surface area contributed by atoms with Gasteiger partial charge in [-0.1, -0.05) is 0 Å². The molecule has 0 amide bonds. The van der Waals surface area contributed by atoms with Gasteiger partial charge in [-0.3, -0.25) is 0 Å². The van der Waals surface area contributed by atoms with Crippen LogP contribution in [0.1, 0.15) is 6.92 Å². The van der Waals surface area contributed by atoms with Crippen molar-refractivity contribution in [3.63, 3.8) is 0 Å². The molecule has 0 aromatic carbocycles. The largest absolute Gasteiger partial charge is 0.473 e. The molecule has 0 heterocycles. The Morgan fingerprint density at radius 3 is 1.39 bits per heavy atom. The molecule has 0 spiro atoms. The number of rotatable bonds is 2. The van der Waals surface area contributed by atoms with Crippen molar-refractivity contribution in [1.82, 2.24) is 0 Å². The lowest BCUT2D eigenvalue weighted by molar-refractivity contribution is -0.362. The molecule has 108 valence electrons. The summed E-state index contributed by atoms with van der Waals surface area (Å²) in [5.74, 6) is -3.22. The maximum absolute atomic E-state index is 12.1. The smallest absolute Gasteiger partial charge is 0.446 e. The third-order valence-electron chi connectivity index (χ3n) is 1.75. The van der Waals surface area contributed by atoms with Crippen LogP contribution in [-0.2, 0) is 4.74 Å². The quantitative estimate of drug-likeness (QED) is 0.546. The van der Waals surface area contributed by atoms with Gasteiger partial charge in [-0.05, 0) is 6.92 Å². The summed E-state index contributed by atoms with van der Waals surface area (Å²) in [5.41, 5.74) is -4.94. The maximum atomic E-state index is 12.1. The van der Waals surface area contributed by atoms with Crippen LogP contribution in [0.25, 0.3) is 0 Å². The van der Waals surface area contributed by atoms with Gasteiger partial charge in [0.05, 0.1) is 0 Å². The van der Waals surface area contributed by atoms with Crippen LogP contribution in [-0.4, -0.2) is 24.1 Å². The normalized spacial score (nSPS) is 15.8. The Morgan fingerprint density at radius 2 is 1.17 bits per heavy atom. The van der Waals surface area contributed by atoms with Crippen molar-refractivity contribution in [1.29, 1.82) is 0 Å². The molecule has 0 unspecified atom stereocenters. The summed E-state index contributed by atoms with van der Waals surface area (Å²) in [6.45, 7) is -0.562. The molecule has 0 bridgehead atoms. The summed E-state index contributed by atoms with van der Waals surface area (Å²) in [4.78, 5) is 0. The second-order valence-electron chi connectivity index (χ2n) is 3.11. The molecule has 0 aromatic heterocycles. The van der Waals surface area contributed by atoms with Crippen LogP contribution in [0, 0.1) is 0 Å². The van der Waals surface area contributed by atoms with Crippen LogP contribution in [0.2, 0.25) is 0 Å². The molecule has 0 radical (unpaired) electrons. The molecular formula is C7H4F10O. The van der Waals surface area contributed by atoms with Crippen molar-refractivity contribution < 1.29 is 48.6 Å². The Bertz CT molecular complexity index is 305. The van der Waals surface area contributed by atoms with E-state index in [0.29, 0.717) is 0 Å². The fourth-order valence-electron chi connectivity index (χ4n) is 0.531. The van der Waals surface area contributed by atoms with Crippen LogP contribution in [0.4, 0.5) is 43.9 Å². The Kier molecular flexibility index (Phi) is 4.21. The monoisotopic (exact) mass is 294 g/mol. The van der Waals surface area contributed by atoms with Gasteiger partial charge in [0.15, 0.2) is 0 Å². The number of hydrogen-bond acceptors (Lipinski definition) is 1. The van der Waals surface area contributed by atoms with Crippen LogP contribution in [0.5, 0.6) is 0 Å². The molecule has 0 N–H and O–H groups in total. The average Bonchev–Trinajstić information content (AvgIpc) is 2.07. The minimum atomic E-state index is -6.08. The summed E-state index contributed by atoms with van der Waals surface area (Å²) in [6, 6.07) is 0. The van der Waals surface area contributed by atoms with Crippen molar-refractivity contribution in [3.05, 3.63) is 12.1 Å². The van der Waals surface area contributed by atoms with Gasteiger partial charge >= 0.3 is 18.5 Å². The lowest BCUT2D eigenvalue weighted by atomic mass is 10.1. The Morgan fingerprint density at radius 1 is 0.833 bits per heavy atom. The third kappa shape index (κ3) is 3.42. The summed E-state index contributed by atoms with van der Waals surface area (Å²) in [7, 11) is 0. The number of halogens is 10. The lowest BCUT2D eigenvalue weighted by Crippen LogP contribution is -2.55. The van der Waals surface area contributed by atoms with E-state index in [1.807, 2.05) is 0 Å². The molecule has 0 atom stereocenters. The molecule has 1 nitrogen and oxygen atoms in total. The standard InChI is InChI=1S/C7H4F10O/c1-4(6(12,13)14,7(15,16)17)18-2-3(8)5(9,10)11/h2H,1H3/b3-2-.